The first-order valence-corrected chi connectivity index (χ1v) is 6.51. The highest BCUT2D eigenvalue weighted by Gasteiger charge is 2.30. The number of carboxylic acid groups (broad SMARTS) is 1. The van der Waals surface area contributed by atoms with Crippen LogP contribution in [-0.2, 0) is 4.74 Å². The summed E-state index contributed by atoms with van der Waals surface area (Å²) in [6, 6.07) is 0.0446. The number of carbonyl (C=O) groups is 2. The summed E-state index contributed by atoms with van der Waals surface area (Å²) in [5.41, 5.74) is -0.499. The molecule has 20 heavy (non-hydrogen) atoms. The van der Waals surface area contributed by atoms with Gasteiger partial charge < -0.3 is 19.3 Å². The smallest absolute Gasteiger partial charge is 0.410 e. The summed E-state index contributed by atoms with van der Waals surface area (Å²) in [4.78, 5) is 28.2. The van der Waals surface area contributed by atoms with Crippen molar-refractivity contribution in [3.8, 4) is 0 Å². The number of ether oxygens (including phenoxy) is 1. The summed E-state index contributed by atoms with van der Waals surface area (Å²) < 4.78 is 7.06. The van der Waals surface area contributed by atoms with Gasteiger partial charge in [0, 0.05) is 19.3 Å². The number of likely N-dealkylation sites (tertiary alicyclic amines) is 1. The molecule has 0 radical (unpaired) electrons. The topological polar surface area (TPSA) is 84.7 Å². The van der Waals surface area contributed by atoms with Gasteiger partial charge in [-0.1, -0.05) is 0 Å². The number of aromatic carboxylic acids is 1. The number of hydrogen-bond donors (Lipinski definition) is 1. The highest BCUT2D eigenvalue weighted by atomic mass is 16.6. The summed E-state index contributed by atoms with van der Waals surface area (Å²) in [6.45, 7) is 6.58. The van der Waals surface area contributed by atoms with Crippen molar-refractivity contribution in [2.45, 2.75) is 38.8 Å². The van der Waals surface area contributed by atoms with E-state index in [1.807, 2.05) is 20.8 Å². The highest BCUT2D eigenvalue weighted by Crippen LogP contribution is 2.23. The molecule has 2 heterocycles. The van der Waals surface area contributed by atoms with E-state index in [0.29, 0.717) is 13.1 Å². The zero-order valence-corrected chi connectivity index (χ0v) is 11.9. The van der Waals surface area contributed by atoms with Crippen molar-refractivity contribution in [2.24, 2.45) is 0 Å². The van der Waals surface area contributed by atoms with E-state index in [2.05, 4.69) is 4.98 Å². The van der Waals surface area contributed by atoms with Crippen LogP contribution in [-0.4, -0.2) is 50.3 Å². The summed E-state index contributed by atoms with van der Waals surface area (Å²) in [5.74, 6) is -1.05. The Morgan fingerprint density at radius 3 is 2.70 bits per heavy atom. The Hall–Kier alpha value is -2.05. The lowest BCUT2D eigenvalue weighted by Crippen LogP contribution is -2.35. The van der Waals surface area contributed by atoms with Crippen molar-refractivity contribution in [1.29, 1.82) is 0 Å². The van der Waals surface area contributed by atoms with E-state index in [-0.39, 0.29) is 17.8 Å². The van der Waals surface area contributed by atoms with Crippen molar-refractivity contribution >= 4 is 12.1 Å². The van der Waals surface area contributed by atoms with Crippen LogP contribution in [0.25, 0.3) is 0 Å². The predicted octanol–water partition coefficient (Wildman–Crippen LogP) is 1.76. The Morgan fingerprint density at radius 1 is 1.45 bits per heavy atom. The van der Waals surface area contributed by atoms with Crippen LogP contribution in [0.1, 0.15) is 43.7 Å². The van der Waals surface area contributed by atoms with Crippen LogP contribution in [0.5, 0.6) is 0 Å². The normalized spacial score (nSPS) is 19.1. The molecule has 1 aromatic rings. The lowest BCUT2D eigenvalue weighted by Gasteiger charge is -2.24. The first-order valence-electron chi connectivity index (χ1n) is 6.51. The van der Waals surface area contributed by atoms with Gasteiger partial charge in [0.05, 0.1) is 12.4 Å². The second-order valence-electron chi connectivity index (χ2n) is 5.88. The first kappa shape index (κ1) is 14.4. The molecule has 0 bridgehead atoms. The third kappa shape index (κ3) is 3.28. The fourth-order valence-electron chi connectivity index (χ4n) is 2.12. The van der Waals surface area contributed by atoms with E-state index in [1.54, 1.807) is 9.47 Å². The van der Waals surface area contributed by atoms with Gasteiger partial charge in [0.2, 0.25) is 0 Å². The molecule has 1 unspecified atom stereocenters. The van der Waals surface area contributed by atoms with Gasteiger partial charge in [0.25, 0.3) is 0 Å². The Morgan fingerprint density at radius 2 is 2.15 bits per heavy atom. The Balaban J connectivity index is 1.98. The molecular weight excluding hydrogens is 262 g/mol. The van der Waals surface area contributed by atoms with Crippen molar-refractivity contribution in [2.75, 3.05) is 13.1 Å². The van der Waals surface area contributed by atoms with Gasteiger partial charge in [0.1, 0.15) is 5.60 Å². The van der Waals surface area contributed by atoms with Crippen molar-refractivity contribution in [3.63, 3.8) is 0 Å². The molecule has 0 spiro atoms. The van der Waals surface area contributed by atoms with Gasteiger partial charge in [0.15, 0.2) is 5.69 Å². The minimum Gasteiger partial charge on any atom is -0.476 e. The number of imidazole rings is 1. The minimum absolute atomic E-state index is 0.0146. The molecule has 7 heteroatoms. The maximum Gasteiger partial charge on any atom is 0.410 e. The third-order valence-corrected chi connectivity index (χ3v) is 3.06. The molecule has 1 N–H and O–H groups in total. The number of hydrogen-bond acceptors (Lipinski definition) is 4. The number of rotatable bonds is 2. The molecule has 0 aliphatic carbocycles. The fraction of sp³-hybridized carbons (Fsp3) is 0.615. The van der Waals surface area contributed by atoms with Crippen molar-refractivity contribution in [1.82, 2.24) is 14.5 Å². The van der Waals surface area contributed by atoms with Crippen LogP contribution < -0.4 is 0 Å². The predicted molar refractivity (Wildman–Crippen MR) is 70.6 cm³/mol. The molecule has 1 saturated heterocycles. The molecule has 0 saturated carbocycles. The average molecular weight is 281 g/mol. The maximum atomic E-state index is 11.9. The first-order chi connectivity index (χ1) is 9.26. The Labute approximate surface area is 117 Å². The number of carboxylic acids is 1. The summed E-state index contributed by atoms with van der Waals surface area (Å²) in [6.07, 6.45) is 3.41. The molecule has 1 aliphatic rings. The van der Waals surface area contributed by atoms with Crippen LogP contribution in [0.4, 0.5) is 4.79 Å². The lowest BCUT2D eigenvalue weighted by molar-refractivity contribution is 0.0288. The van der Waals surface area contributed by atoms with Crippen LogP contribution in [0.2, 0.25) is 0 Å². The number of amides is 1. The second-order valence-corrected chi connectivity index (χ2v) is 5.88. The van der Waals surface area contributed by atoms with Gasteiger partial charge in [-0.2, -0.15) is 0 Å². The highest BCUT2D eigenvalue weighted by molar-refractivity contribution is 5.84. The average Bonchev–Trinajstić information content (AvgIpc) is 2.95. The number of aromatic nitrogens is 2. The van der Waals surface area contributed by atoms with Crippen molar-refractivity contribution in [3.05, 3.63) is 18.2 Å². The molecule has 110 valence electrons. The van der Waals surface area contributed by atoms with E-state index < -0.39 is 11.6 Å². The second kappa shape index (κ2) is 5.15. The molecule has 1 aromatic heterocycles. The van der Waals surface area contributed by atoms with E-state index in [0.717, 1.165) is 6.42 Å². The van der Waals surface area contributed by atoms with Crippen molar-refractivity contribution < 1.29 is 19.4 Å². The standard InChI is InChI=1S/C13H19N3O4/c1-13(2,3)20-12(19)15-5-4-9(6-15)16-7-10(11(17)18)14-8-16/h7-9H,4-6H2,1-3H3,(H,17,18). The monoisotopic (exact) mass is 281 g/mol. The zero-order valence-electron chi connectivity index (χ0n) is 11.9. The Bertz CT molecular complexity index is 518. The summed E-state index contributed by atoms with van der Waals surface area (Å²) >= 11 is 0. The fourth-order valence-corrected chi connectivity index (χ4v) is 2.12. The summed E-state index contributed by atoms with van der Waals surface area (Å²) in [5, 5.41) is 8.85. The van der Waals surface area contributed by atoms with Gasteiger partial charge in [-0.05, 0) is 27.2 Å². The van der Waals surface area contributed by atoms with Crippen LogP contribution in [0, 0.1) is 0 Å². The molecule has 1 amide bonds. The van der Waals surface area contributed by atoms with Gasteiger partial charge in [-0.25, -0.2) is 14.6 Å². The minimum atomic E-state index is -1.05. The molecular formula is C13H19N3O4. The van der Waals surface area contributed by atoms with E-state index in [1.165, 1.54) is 12.5 Å². The number of carbonyl (C=O) groups excluding carboxylic acids is 1. The van der Waals surface area contributed by atoms with E-state index >= 15 is 0 Å². The number of nitrogens with zero attached hydrogens (tertiary/aromatic N) is 3. The lowest BCUT2D eigenvalue weighted by atomic mass is 10.2. The van der Waals surface area contributed by atoms with Gasteiger partial charge in [-0.15, -0.1) is 0 Å². The summed E-state index contributed by atoms with van der Waals surface area (Å²) in [7, 11) is 0. The van der Waals surface area contributed by atoms with E-state index in [9.17, 15) is 9.59 Å². The Kier molecular flexibility index (Phi) is 3.69. The SMILES string of the molecule is CC(C)(C)OC(=O)N1CCC(n2cnc(C(=O)O)c2)C1. The quantitative estimate of drug-likeness (QED) is 0.893. The van der Waals surface area contributed by atoms with Crippen LogP contribution in [0.3, 0.4) is 0 Å². The largest absolute Gasteiger partial charge is 0.476 e. The molecule has 1 atom stereocenters. The zero-order chi connectivity index (χ0) is 14.9. The third-order valence-electron chi connectivity index (χ3n) is 3.06. The molecule has 1 fully saturated rings. The van der Waals surface area contributed by atoms with E-state index in [4.69, 9.17) is 9.84 Å². The van der Waals surface area contributed by atoms with Crippen LogP contribution >= 0.6 is 0 Å². The van der Waals surface area contributed by atoms with Crippen LogP contribution in [0.15, 0.2) is 12.5 Å². The van der Waals surface area contributed by atoms with Gasteiger partial charge >= 0.3 is 12.1 Å². The molecule has 0 aromatic carbocycles. The van der Waals surface area contributed by atoms with Gasteiger partial charge in [-0.3, -0.25) is 0 Å². The maximum absolute atomic E-state index is 11.9. The molecule has 2 rings (SSSR count). The molecule has 1 aliphatic heterocycles. The molecule has 7 nitrogen and oxygen atoms in total.